The molecule has 0 fully saturated rings. The molecule has 0 bridgehead atoms. The van der Waals surface area contributed by atoms with E-state index in [9.17, 15) is 9.59 Å². The molecule has 2 heterocycles. The molecule has 100 valence electrons. The van der Waals surface area contributed by atoms with Crippen molar-refractivity contribution in [1.82, 2.24) is 14.8 Å². The summed E-state index contributed by atoms with van der Waals surface area (Å²) in [5, 5.41) is 4.83. The zero-order valence-corrected chi connectivity index (χ0v) is 11.9. The topological polar surface area (TPSA) is 74.1 Å². The second kappa shape index (κ2) is 4.93. The molecule has 0 aliphatic rings. The molecule has 0 unspecified atom stereocenters. The highest BCUT2D eigenvalue weighted by molar-refractivity contribution is 7.14. The van der Waals surface area contributed by atoms with Gasteiger partial charge in [0.2, 0.25) is 0 Å². The van der Waals surface area contributed by atoms with Gasteiger partial charge in [0.25, 0.3) is 0 Å². The smallest absolute Gasteiger partial charge is 0.359 e. The molecule has 0 aliphatic heterocycles. The Kier molecular flexibility index (Phi) is 3.48. The van der Waals surface area contributed by atoms with Crippen LogP contribution in [-0.4, -0.2) is 33.6 Å². The average Bonchev–Trinajstić information content (AvgIpc) is 2.91. The summed E-state index contributed by atoms with van der Waals surface area (Å²) >= 11 is 1.30. The molecule has 0 saturated heterocycles. The van der Waals surface area contributed by atoms with Crippen molar-refractivity contribution >= 4 is 23.1 Å². The second-order valence-corrected chi connectivity index (χ2v) is 5.23. The van der Waals surface area contributed by atoms with Crippen molar-refractivity contribution in [2.75, 3.05) is 7.11 Å². The Bertz CT molecular complexity index is 657. The number of ether oxygens (including phenoxy) is 1. The van der Waals surface area contributed by atoms with Gasteiger partial charge in [-0.1, -0.05) is 0 Å². The van der Waals surface area contributed by atoms with Gasteiger partial charge in [0.05, 0.1) is 28.3 Å². The molecule has 2 aromatic rings. The van der Waals surface area contributed by atoms with E-state index in [1.807, 2.05) is 6.92 Å². The highest BCUT2D eigenvalue weighted by Crippen LogP contribution is 2.30. The lowest BCUT2D eigenvalue weighted by molar-refractivity contribution is 0.0593. The van der Waals surface area contributed by atoms with Crippen LogP contribution in [0.3, 0.4) is 0 Å². The predicted molar refractivity (Wildman–Crippen MR) is 70.4 cm³/mol. The van der Waals surface area contributed by atoms with E-state index in [-0.39, 0.29) is 11.5 Å². The SMILES string of the molecule is COC(=O)c1nn(C)cc1-c1nc(C)sc1C(C)=O. The van der Waals surface area contributed by atoms with Crippen molar-refractivity contribution in [1.29, 1.82) is 0 Å². The summed E-state index contributed by atoms with van der Waals surface area (Å²) in [6.45, 7) is 3.29. The van der Waals surface area contributed by atoms with Crippen molar-refractivity contribution in [3.05, 3.63) is 21.8 Å². The fourth-order valence-corrected chi connectivity index (χ4v) is 2.59. The molecule has 0 aliphatic carbocycles. The zero-order chi connectivity index (χ0) is 14.2. The fraction of sp³-hybridized carbons (Fsp3) is 0.333. The van der Waals surface area contributed by atoms with Crippen LogP contribution in [0.5, 0.6) is 0 Å². The molecule has 2 rings (SSSR count). The second-order valence-electron chi connectivity index (χ2n) is 4.02. The van der Waals surface area contributed by atoms with Gasteiger partial charge < -0.3 is 4.74 Å². The number of aromatic nitrogens is 3. The molecule has 0 amide bonds. The first-order valence-electron chi connectivity index (χ1n) is 5.54. The number of nitrogens with zero attached hydrogens (tertiary/aromatic N) is 3. The Morgan fingerprint density at radius 3 is 2.68 bits per heavy atom. The van der Waals surface area contributed by atoms with Crippen LogP contribution >= 0.6 is 11.3 Å². The van der Waals surface area contributed by atoms with E-state index in [0.29, 0.717) is 16.1 Å². The van der Waals surface area contributed by atoms with Crippen LogP contribution in [0.1, 0.15) is 32.1 Å². The van der Waals surface area contributed by atoms with E-state index in [1.165, 1.54) is 30.1 Å². The monoisotopic (exact) mass is 279 g/mol. The minimum atomic E-state index is -0.546. The first-order valence-corrected chi connectivity index (χ1v) is 6.36. The number of thiazole rings is 1. The number of rotatable bonds is 3. The molecule has 0 radical (unpaired) electrons. The van der Waals surface area contributed by atoms with Crippen molar-refractivity contribution in [3.63, 3.8) is 0 Å². The van der Waals surface area contributed by atoms with Gasteiger partial charge in [-0.25, -0.2) is 9.78 Å². The summed E-state index contributed by atoms with van der Waals surface area (Å²) in [5.41, 5.74) is 1.17. The molecule has 6 nitrogen and oxygen atoms in total. The lowest BCUT2D eigenvalue weighted by Gasteiger charge is -1.99. The highest BCUT2D eigenvalue weighted by atomic mass is 32.1. The number of methoxy groups -OCH3 is 1. The highest BCUT2D eigenvalue weighted by Gasteiger charge is 2.24. The van der Waals surface area contributed by atoms with Crippen molar-refractivity contribution in [3.8, 4) is 11.3 Å². The van der Waals surface area contributed by atoms with Crippen LogP contribution in [0.4, 0.5) is 0 Å². The van der Waals surface area contributed by atoms with E-state index >= 15 is 0 Å². The van der Waals surface area contributed by atoms with Gasteiger partial charge in [-0.3, -0.25) is 9.48 Å². The average molecular weight is 279 g/mol. The van der Waals surface area contributed by atoms with E-state index < -0.39 is 5.97 Å². The van der Waals surface area contributed by atoms with Gasteiger partial charge in [-0.05, 0) is 6.92 Å². The van der Waals surface area contributed by atoms with Crippen molar-refractivity contribution in [2.45, 2.75) is 13.8 Å². The maximum atomic E-state index is 11.7. The van der Waals surface area contributed by atoms with Gasteiger partial charge in [0.15, 0.2) is 11.5 Å². The molecule has 19 heavy (non-hydrogen) atoms. The molecule has 2 aromatic heterocycles. The van der Waals surface area contributed by atoms with Crippen LogP contribution in [0.15, 0.2) is 6.20 Å². The van der Waals surface area contributed by atoms with Crippen molar-refractivity contribution in [2.24, 2.45) is 7.05 Å². The quantitative estimate of drug-likeness (QED) is 0.633. The molecule has 0 atom stereocenters. The summed E-state index contributed by atoms with van der Waals surface area (Å²) in [6.07, 6.45) is 1.66. The third kappa shape index (κ3) is 2.41. The number of Topliss-reactive ketones (excluding diaryl/α,β-unsaturated/α-hetero) is 1. The van der Waals surface area contributed by atoms with Gasteiger partial charge in [-0.2, -0.15) is 5.10 Å². The van der Waals surface area contributed by atoms with Gasteiger partial charge in [0, 0.05) is 20.2 Å². The first-order chi connectivity index (χ1) is 8.93. The van der Waals surface area contributed by atoms with Gasteiger partial charge in [0.1, 0.15) is 0 Å². The lowest BCUT2D eigenvalue weighted by atomic mass is 10.1. The van der Waals surface area contributed by atoms with Crippen LogP contribution in [-0.2, 0) is 11.8 Å². The fourth-order valence-electron chi connectivity index (χ4n) is 1.76. The summed E-state index contributed by atoms with van der Waals surface area (Å²) in [5.74, 6) is -0.629. The third-order valence-electron chi connectivity index (χ3n) is 2.52. The largest absolute Gasteiger partial charge is 0.464 e. The number of ketones is 1. The number of aryl methyl sites for hydroxylation is 2. The third-order valence-corrected chi connectivity index (χ3v) is 3.59. The molecule has 0 spiro atoms. The summed E-state index contributed by atoms with van der Waals surface area (Å²) in [6, 6.07) is 0. The molecule has 0 N–H and O–H groups in total. The van der Waals surface area contributed by atoms with Crippen LogP contribution in [0, 0.1) is 6.92 Å². The Labute approximate surface area is 114 Å². The number of hydrogen-bond donors (Lipinski definition) is 0. The van der Waals surface area contributed by atoms with Gasteiger partial charge >= 0.3 is 5.97 Å². The molecule has 0 saturated carbocycles. The molecular formula is C12H13N3O3S. The Hall–Kier alpha value is -2.02. The predicted octanol–water partition coefficient (Wildman–Crippen LogP) is 1.84. The van der Waals surface area contributed by atoms with E-state index in [0.717, 1.165) is 5.01 Å². The number of esters is 1. The maximum Gasteiger partial charge on any atom is 0.359 e. The normalized spacial score (nSPS) is 10.5. The van der Waals surface area contributed by atoms with Crippen LogP contribution < -0.4 is 0 Å². The molecule has 7 heteroatoms. The van der Waals surface area contributed by atoms with Gasteiger partial charge in [-0.15, -0.1) is 11.3 Å². The maximum absolute atomic E-state index is 11.7. The van der Waals surface area contributed by atoms with E-state index in [4.69, 9.17) is 4.74 Å². The minimum Gasteiger partial charge on any atom is -0.464 e. The Morgan fingerprint density at radius 2 is 2.11 bits per heavy atom. The molecular weight excluding hydrogens is 266 g/mol. The lowest BCUT2D eigenvalue weighted by Crippen LogP contribution is -2.05. The molecule has 0 aromatic carbocycles. The van der Waals surface area contributed by atoms with E-state index in [1.54, 1.807) is 13.2 Å². The summed E-state index contributed by atoms with van der Waals surface area (Å²) < 4.78 is 6.20. The van der Waals surface area contributed by atoms with Crippen molar-refractivity contribution < 1.29 is 14.3 Å². The zero-order valence-electron chi connectivity index (χ0n) is 11.1. The van der Waals surface area contributed by atoms with E-state index in [2.05, 4.69) is 10.1 Å². The Morgan fingerprint density at radius 1 is 1.42 bits per heavy atom. The standard InChI is InChI=1S/C12H13N3O3S/c1-6(16)11-9(13-7(2)19-11)8-5-15(3)14-10(8)12(17)18-4/h5H,1-4H3. The van der Waals surface area contributed by atoms with Crippen LogP contribution in [0.2, 0.25) is 0 Å². The number of hydrogen-bond acceptors (Lipinski definition) is 6. The van der Waals surface area contributed by atoms with Crippen LogP contribution in [0.25, 0.3) is 11.3 Å². The Balaban J connectivity index is 2.65. The minimum absolute atomic E-state index is 0.0831. The summed E-state index contributed by atoms with van der Waals surface area (Å²) in [7, 11) is 2.99. The first kappa shape index (κ1) is 13.4. The number of carbonyl (C=O) groups excluding carboxylic acids is 2. The number of carbonyl (C=O) groups is 2. The summed E-state index contributed by atoms with van der Waals surface area (Å²) in [4.78, 5) is 28.2.